The van der Waals surface area contributed by atoms with Crippen LogP contribution in [-0.4, -0.2) is 102 Å². The summed E-state index contributed by atoms with van der Waals surface area (Å²) in [5.74, 6) is 1.40. The average molecular weight is 477 g/mol. The lowest BCUT2D eigenvalue weighted by atomic mass is 9.98. The van der Waals surface area contributed by atoms with Gasteiger partial charge in [0.05, 0.1) is 35.8 Å². The number of nitrogens with one attached hydrogen (secondary N) is 3. The number of aromatic amines is 1. The number of allylic oxidation sites excluding steroid dienone is 1. The molecule has 35 heavy (non-hydrogen) atoms. The largest absolute Gasteiger partial charge is 0.490 e. The second-order valence-electron chi connectivity index (χ2n) is 8.91. The summed E-state index contributed by atoms with van der Waals surface area (Å²) in [6.07, 6.45) is 5.60. The highest BCUT2D eigenvalue weighted by atomic mass is 16.5. The van der Waals surface area contributed by atoms with Gasteiger partial charge >= 0.3 is 0 Å². The SMILES string of the molecule is CN(C)CCNc1nn2ccccc2c1N=C1C=C(OCCN2CCOCC2)c2[nH]ccc2C1=N. The van der Waals surface area contributed by atoms with Gasteiger partial charge < -0.3 is 24.7 Å². The average Bonchev–Trinajstić information content (AvgIpc) is 3.48. The molecule has 10 heteroatoms. The van der Waals surface area contributed by atoms with Crippen molar-refractivity contribution in [3.63, 3.8) is 0 Å². The van der Waals surface area contributed by atoms with Gasteiger partial charge in [-0.25, -0.2) is 9.51 Å². The van der Waals surface area contributed by atoms with Crippen molar-refractivity contribution in [1.82, 2.24) is 24.4 Å². The zero-order valence-electron chi connectivity index (χ0n) is 20.3. The molecule has 0 aromatic carbocycles. The van der Waals surface area contributed by atoms with Gasteiger partial charge in [-0.15, -0.1) is 5.10 Å². The van der Waals surface area contributed by atoms with Gasteiger partial charge in [0, 0.05) is 56.8 Å². The Balaban J connectivity index is 1.43. The number of nitrogens with zero attached hydrogens (tertiary/aromatic N) is 5. The lowest BCUT2D eigenvalue weighted by Gasteiger charge is -2.27. The molecular weight excluding hydrogens is 444 g/mol. The van der Waals surface area contributed by atoms with E-state index in [1.165, 1.54) is 0 Å². The summed E-state index contributed by atoms with van der Waals surface area (Å²) in [5.41, 5.74) is 4.10. The van der Waals surface area contributed by atoms with Crippen LogP contribution in [0.2, 0.25) is 0 Å². The van der Waals surface area contributed by atoms with Gasteiger partial charge in [-0.1, -0.05) is 6.07 Å². The van der Waals surface area contributed by atoms with Crippen molar-refractivity contribution >= 4 is 34.2 Å². The predicted octanol–water partition coefficient (Wildman–Crippen LogP) is 2.48. The summed E-state index contributed by atoms with van der Waals surface area (Å²) < 4.78 is 13.5. The molecule has 2 aliphatic rings. The van der Waals surface area contributed by atoms with Crippen LogP contribution in [-0.2, 0) is 9.47 Å². The van der Waals surface area contributed by atoms with Crippen LogP contribution in [0, 0.1) is 5.41 Å². The van der Waals surface area contributed by atoms with E-state index in [0.29, 0.717) is 35.3 Å². The van der Waals surface area contributed by atoms with Crippen LogP contribution < -0.4 is 5.32 Å². The van der Waals surface area contributed by atoms with E-state index in [9.17, 15) is 0 Å². The normalized spacial score (nSPS) is 17.7. The van der Waals surface area contributed by atoms with E-state index >= 15 is 0 Å². The molecule has 0 atom stereocenters. The summed E-state index contributed by atoms with van der Waals surface area (Å²) in [4.78, 5) is 12.6. The van der Waals surface area contributed by atoms with Gasteiger partial charge in [0.15, 0.2) is 5.82 Å². The first-order chi connectivity index (χ1) is 17.1. The number of rotatable bonds is 9. The van der Waals surface area contributed by atoms with Gasteiger partial charge in [0.1, 0.15) is 18.1 Å². The molecular formula is C25H32N8O2. The molecule has 0 saturated carbocycles. The van der Waals surface area contributed by atoms with Crippen molar-refractivity contribution in [2.24, 2.45) is 4.99 Å². The number of aliphatic imine (C=N–C) groups is 1. The molecule has 5 rings (SSSR count). The number of fused-ring (bicyclic) bond motifs is 2. The molecule has 0 bridgehead atoms. The molecule has 0 spiro atoms. The fourth-order valence-electron chi connectivity index (χ4n) is 4.23. The smallest absolute Gasteiger partial charge is 0.175 e. The second kappa shape index (κ2) is 10.4. The fraction of sp³-hybridized carbons (Fsp3) is 0.400. The number of likely N-dealkylation sites (N-methyl/N-ethyl adjacent to an activating group) is 1. The number of morpholine rings is 1. The quantitative estimate of drug-likeness (QED) is 0.438. The first-order valence-corrected chi connectivity index (χ1v) is 12.0. The van der Waals surface area contributed by atoms with E-state index in [0.717, 1.165) is 62.7 Å². The van der Waals surface area contributed by atoms with Crippen molar-refractivity contribution in [2.75, 3.05) is 72.0 Å². The highest BCUT2D eigenvalue weighted by molar-refractivity contribution is 6.54. The Kier molecular flexibility index (Phi) is 6.94. The van der Waals surface area contributed by atoms with E-state index in [2.05, 4.69) is 20.1 Å². The summed E-state index contributed by atoms with van der Waals surface area (Å²) in [6.45, 7) is 6.36. The van der Waals surface area contributed by atoms with E-state index in [1.807, 2.05) is 61.3 Å². The summed E-state index contributed by atoms with van der Waals surface area (Å²) in [7, 11) is 4.07. The monoisotopic (exact) mass is 476 g/mol. The van der Waals surface area contributed by atoms with E-state index < -0.39 is 0 Å². The maximum Gasteiger partial charge on any atom is 0.175 e. The van der Waals surface area contributed by atoms with Gasteiger partial charge in [-0.05, 0) is 32.3 Å². The minimum Gasteiger partial charge on any atom is -0.490 e. The molecule has 3 aromatic heterocycles. The molecule has 1 saturated heterocycles. The van der Waals surface area contributed by atoms with E-state index in [-0.39, 0.29) is 0 Å². The van der Waals surface area contributed by atoms with Crippen molar-refractivity contribution in [3.8, 4) is 0 Å². The molecule has 4 heterocycles. The molecule has 1 aliphatic heterocycles. The summed E-state index contributed by atoms with van der Waals surface area (Å²) in [5, 5.41) is 16.9. The molecule has 184 valence electrons. The van der Waals surface area contributed by atoms with E-state index in [1.54, 1.807) is 0 Å². The zero-order valence-corrected chi connectivity index (χ0v) is 20.3. The molecule has 1 fully saturated rings. The Labute approximate surface area is 204 Å². The molecule has 10 nitrogen and oxygen atoms in total. The highest BCUT2D eigenvalue weighted by Gasteiger charge is 2.25. The third-order valence-electron chi connectivity index (χ3n) is 6.15. The standard InChI is InChI=1S/C25H32N8O2/c1-31(2)10-8-28-25-24(20-5-3-4-9-33(20)30-25)29-19-17-21(23-18(22(19)26)6-7-27-23)35-16-13-32-11-14-34-15-12-32/h3-7,9,17,26-27H,8,10-16H2,1-2H3,(H,28,30). The minimum absolute atomic E-state index is 0.358. The lowest BCUT2D eigenvalue weighted by Crippen LogP contribution is -2.38. The Morgan fingerprint density at radius 1 is 1.26 bits per heavy atom. The fourth-order valence-corrected chi connectivity index (χ4v) is 4.23. The molecule has 0 amide bonds. The number of hydrogen-bond donors (Lipinski definition) is 3. The number of aromatic nitrogens is 3. The zero-order chi connectivity index (χ0) is 24.2. The van der Waals surface area contributed by atoms with Crippen LogP contribution in [0.15, 0.2) is 47.7 Å². The molecule has 0 unspecified atom stereocenters. The highest BCUT2D eigenvalue weighted by Crippen LogP contribution is 2.32. The topological polar surface area (TPSA) is 106 Å². The van der Waals surface area contributed by atoms with Crippen molar-refractivity contribution in [2.45, 2.75) is 0 Å². The van der Waals surface area contributed by atoms with Gasteiger partial charge in [0.25, 0.3) is 0 Å². The Bertz CT molecular complexity index is 1250. The van der Waals surface area contributed by atoms with Crippen LogP contribution in [0.1, 0.15) is 11.3 Å². The van der Waals surface area contributed by atoms with Gasteiger partial charge in [0.2, 0.25) is 0 Å². The third-order valence-corrected chi connectivity index (χ3v) is 6.15. The van der Waals surface area contributed by atoms with Gasteiger partial charge in [-0.2, -0.15) is 0 Å². The number of anilines is 1. The minimum atomic E-state index is 0.358. The van der Waals surface area contributed by atoms with Crippen molar-refractivity contribution in [1.29, 1.82) is 5.41 Å². The van der Waals surface area contributed by atoms with Crippen LogP contribution in [0.3, 0.4) is 0 Å². The van der Waals surface area contributed by atoms with Crippen molar-refractivity contribution in [3.05, 3.63) is 54.0 Å². The molecule has 1 aliphatic carbocycles. The maximum absolute atomic E-state index is 8.82. The van der Waals surface area contributed by atoms with Crippen LogP contribution in [0.5, 0.6) is 0 Å². The first kappa shape index (κ1) is 23.3. The van der Waals surface area contributed by atoms with Crippen molar-refractivity contribution < 1.29 is 9.47 Å². The summed E-state index contributed by atoms with van der Waals surface area (Å²) in [6, 6.07) is 7.80. The molecule has 3 N–H and O–H groups in total. The number of pyridine rings is 1. The van der Waals surface area contributed by atoms with Crippen LogP contribution in [0.4, 0.5) is 11.5 Å². The Hall–Kier alpha value is -3.47. The Morgan fingerprint density at radius 2 is 2.11 bits per heavy atom. The summed E-state index contributed by atoms with van der Waals surface area (Å²) >= 11 is 0. The van der Waals surface area contributed by atoms with Crippen LogP contribution >= 0.6 is 0 Å². The Morgan fingerprint density at radius 3 is 2.94 bits per heavy atom. The number of ether oxygens (including phenoxy) is 2. The number of H-pyrrole nitrogens is 1. The van der Waals surface area contributed by atoms with Crippen LogP contribution in [0.25, 0.3) is 11.3 Å². The molecule has 0 radical (unpaired) electrons. The predicted molar refractivity (Wildman–Crippen MR) is 138 cm³/mol. The first-order valence-electron chi connectivity index (χ1n) is 12.0. The lowest BCUT2D eigenvalue weighted by molar-refractivity contribution is 0.0305. The van der Waals surface area contributed by atoms with Gasteiger partial charge in [-0.3, -0.25) is 10.3 Å². The second-order valence-corrected chi connectivity index (χ2v) is 8.91. The number of hydrogen-bond acceptors (Lipinski definition) is 8. The third kappa shape index (κ3) is 5.14. The van der Waals surface area contributed by atoms with E-state index in [4.69, 9.17) is 25.0 Å². The molecule has 3 aromatic rings. The maximum atomic E-state index is 8.82.